The number of urea groups is 1. The summed E-state index contributed by atoms with van der Waals surface area (Å²) in [4.78, 5) is 14.0. The van der Waals surface area contributed by atoms with Gasteiger partial charge in [0.05, 0.1) is 10.6 Å². The van der Waals surface area contributed by atoms with E-state index < -0.39 is 10.0 Å². The van der Waals surface area contributed by atoms with Crippen LogP contribution in [0.3, 0.4) is 0 Å². The Bertz CT molecular complexity index is 902. The highest BCUT2D eigenvalue weighted by Crippen LogP contribution is 2.22. The molecule has 138 valence electrons. The molecular formula is C19H23N3O3S. The van der Waals surface area contributed by atoms with E-state index in [2.05, 4.69) is 10.0 Å². The Morgan fingerprint density at radius 3 is 2.31 bits per heavy atom. The lowest BCUT2D eigenvalue weighted by atomic mass is 10.1. The Morgan fingerprint density at radius 1 is 1.00 bits per heavy atom. The number of rotatable bonds is 4. The van der Waals surface area contributed by atoms with Gasteiger partial charge in [-0.05, 0) is 68.1 Å². The zero-order valence-corrected chi connectivity index (χ0v) is 15.8. The number of hydrogen-bond donors (Lipinski definition) is 2. The molecule has 2 amide bonds. The zero-order chi connectivity index (χ0) is 18.7. The smallest absolute Gasteiger partial charge is 0.321 e. The molecule has 26 heavy (non-hydrogen) atoms. The lowest BCUT2D eigenvalue weighted by Crippen LogP contribution is -2.32. The molecule has 1 fully saturated rings. The predicted molar refractivity (Wildman–Crippen MR) is 103 cm³/mol. The first-order valence-electron chi connectivity index (χ1n) is 8.61. The van der Waals surface area contributed by atoms with Crippen LogP contribution in [0.15, 0.2) is 47.4 Å². The van der Waals surface area contributed by atoms with Crippen LogP contribution >= 0.6 is 0 Å². The number of nitrogens with zero attached hydrogens (tertiary/aromatic N) is 1. The van der Waals surface area contributed by atoms with E-state index in [-0.39, 0.29) is 10.9 Å². The number of likely N-dealkylation sites (tertiary alicyclic amines) is 1. The molecule has 2 aromatic carbocycles. The Morgan fingerprint density at radius 2 is 1.65 bits per heavy atom. The number of anilines is 2. The molecule has 0 spiro atoms. The largest absolute Gasteiger partial charge is 0.325 e. The lowest BCUT2D eigenvalue weighted by molar-refractivity contribution is 0.222. The summed E-state index contributed by atoms with van der Waals surface area (Å²) >= 11 is 0. The van der Waals surface area contributed by atoms with Gasteiger partial charge < -0.3 is 10.2 Å². The van der Waals surface area contributed by atoms with Crippen molar-refractivity contribution in [3.8, 4) is 0 Å². The van der Waals surface area contributed by atoms with Crippen LogP contribution in [-0.2, 0) is 10.0 Å². The van der Waals surface area contributed by atoms with Crippen molar-refractivity contribution in [1.82, 2.24) is 4.90 Å². The van der Waals surface area contributed by atoms with Gasteiger partial charge in [0.1, 0.15) is 0 Å². The summed E-state index contributed by atoms with van der Waals surface area (Å²) in [5, 5.41) is 2.80. The topological polar surface area (TPSA) is 78.5 Å². The molecule has 0 unspecified atom stereocenters. The van der Waals surface area contributed by atoms with Gasteiger partial charge in [0.2, 0.25) is 0 Å². The van der Waals surface area contributed by atoms with E-state index in [0.717, 1.165) is 37.1 Å². The molecule has 0 radical (unpaired) electrons. The number of nitrogens with one attached hydrogen (secondary N) is 2. The van der Waals surface area contributed by atoms with Gasteiger partial charge in [-0.15, -0.1) is 0 Å². The maximum atomic E-state index is 12.6. The summed E-state index contributed by atoms with van der Waals surface area (Å²) < 4.78 is 27.8. The number of sulfonamides is 1. The van der Waals surface area contributed by atoms with Crippen LogP contribution in [0.2, 0.25) is 0 Å². The van der Waals surface area contributed by atoms with Crippen molar-refractivity contribution in [1.29, 1.82) is 0 Å². The van der Waals surface area contributed by atoms with E-state index in [4.69, 9.17) is 0 Å². The Kier molecular flexibility index (Phi) is 5.18. The predicted octanol–water partition coefficient (Wildman–Crippen LogP) is 3.73. The molecule has 1 heterocycles. The Hall–Kier alpha value is -2.54. The van der Waals surface area contributed by atoms with Crippen LogP contribution < -0.4 is 10.0 Å². The average Bonchev–Trinajstić information content (AvgIpc) is 3.13. The van der Waals surface area contributed by atoms with Crippen molar-refractivity contribution in [2.24, 2.45) is 0 Å². The Labute approximate surface area is 154 Å². The molecule has 0 aliphatic carbocycles. The minimum absolute atomic E-state index is 0.147. The summed E-state index contributed by atoms with van der Waals surface area (Å²) in [6, 6.07) is 11.7. The van der Waals surface area contributed by atoms with E-state index >= 15 is 0 Å². The summed E-state index contributed by atoms with van der Waals surface area (Å²) in [5.74, 6) is 0. The molecule has 0 saturated carbocycles. The van der Waals surface area contributed by atoms with Gasteiger partial charge in [-0.1, -0.05) is 12.1 Å². The van der Waals surface area contributed by atoms with Crippen molar-refractivity contribution in [3.05, 3.63) is 53.6 Å². The maximum Gasteiger partial charge on any atom is 0.321 e. The number of benzene rings is 2. The van der Waals surface area contributed by atoms with Crippen molar-refractivity contribution in [3.63, 3.8) is 0 Å². The second kappa shape index (κ2) is 7.37. The third-order valence-electron chi connectivity index (χ3n) is 4.45. The van der Waals surface area contributed by atoms with Crippen molar-refractivity contribution in [2.75, 3.05) is 23.1 Å². The molecular weight excluding hydrogens is 350 g/mol. The maximum absolute atomic E-state index is 12.6. The van der Waals surface area contributed by atoms with Crippen LogP contribution in [-0.4, -0.2) is 32.4 Å². The summed E-state index contributed by atoms with van der Waals surface area (Å²) in [7, 11) is -3.69. The van der Waals surface area contributed by atoms with Crippen molar-refractivity contribution >= 4 is 27.4 Å². The minimum atomic E-state index is -3.69. The van der Waals surface area contributed by atoms with E-state index in [9.17, 15) is 13.2 Å². The molecule has 0 bridgehead atoms. The first kappa shape index (κ1) is 18.3. The average molecular weight is 373 g/mol. The molecule has 6 nitrogen and oxygen atoms in total. The molecule has 0 aromatic heterocycles. The summed E-state index contributed by atoms with van der Waals surface area (Å²) in [6.07, 6.45) is 2.04. The normalized spacial score (nSPS) is 14.3. The molecule has 3 rings (SSSR count). The van der Waals surface area contributed by atoms with Crippen molar-refractivity contribution < 1.29 is 13.2 Å². The van der Waals surface area contributed by atoms with E-state index in [1.54, 1.807) is 23.1 Å². The van der Waals surface area contributed by atoms with E-state index in [0.29, 0.717) is 11.4 Å². The number of carbonyl (C=O) groups excluding carboxylic acids is 1. The van der Waals surface area contributed by atoms with Crippen LogP contribution in [0.4, 0.5) is 16.2 Å². The second-order valence-electron chi connectivity index (χ2n) is 6.57. The highest BCUT2D eigenvalue weighted by molar-refractivity contribution is 7.92. The van der Waals surface area contributed by atoms with Crippen molar-refractivity contribution in [2.45, 2.75) is 31.6 Å². The SMILES string of the molecule is Cc1ccc(C)c(NS(=O)(=O)c2ccc(NC(=O)N3CCCC3)cc2)c1. The van der Waals surface area contributed by atoms with Crippen LogP contribution in [0.25, 0.3) is 0 Å². The third kappa shape index (κ3) is 4.16. The molecule has 2 aromatic rings. The van der Waals surface area contributed by atoms with Crippen LogP contribution in [0, 0.1) is 13.8 Å². The number of aryl methyl sites for hydroxylation is 2. The van der Waals surface area contributed by atoms with E-state index in [1.807, 2.05) is 26.0 Å². The number of amides is 2. The van der Waals surface area contributed by atoms with Gasteiger partial charge in [0.15, 0.2) is 0 Å². The molecule has 2 N–H and O–H groups in total. The van der Waals surface area contributed by atoms with Gasteiger partial charge in [-0.2, -0.15) is 0 Å². The lowest BCUT2D eigenvalue weighted by Gasteiger charge is -2.16. The quantitative estimate of drug-likeness (QED) is 0.857. The second-order valence-corrected chi connectivity index (χ2v) is 8.25. The highest BCUT2D eigenvalue weighted by Gasteiger charge is 2.19. The van der Waals surface area contributed by atoms with Gasteiger partial charge in [0.25, 0.3) is 10.0 Å². The number of carbonyl (C=O) groups is 1. The molecule has 1 saturated heterocycles. The van der Waals surface area contributed by atoms with Gasteiger partial charge in [0, 0.05) is 18.8 Å². The first-order chi connectivity index (χ1) is 12.3. The molecule has 1 aliphatic heterocycles. The molecule has 7 heteroatoms. The monoisotopic (exact) mass is 373 g/mol. The molecule has 1 aliphatic rings. The fourth-order valence-electron chi connectivity index (χ4n) is 2.89. The standard InChI is InChI=1S/C19H23N3O3S/c1-14-5-6-15(2)18(13-14)21-26(24,25)17-9-7-16(8-10-17)20-19(23)22-11-3-4-12-22/h5-10,13,21H,3-4,11-12H2,1-2H3,(H,20,23). The summed E-state index contributed by atoms with van der Waals surface area (Å²) in [5.41, 5.74) is 2.98. The highest BCUT2D eigenvalue weighted by atomic mass is 32.2. The van der Waals surface area contributed by atoms with Crippen LogP contribution in [0.5, 0.6) is 0 Å². The Balaban J connectivity index is 1.72. The van der Waals surface area contributed by atoms with Gasteiger partial charge in [-0.3, -0.25) is 4.72 Å². The minimum Gasteiger partial charge on any atom is -0.325 e. The van der Waals surface area contributed by atoms with Gasteiger partial charge in [-0.25, -0.2) is 13.2 Å². The summed E-state index contributed by atoms with van der Waals surface area (Å²) in [6.45, 7) is 5.29. The first-order valence-corrected chi connectivity index (χ1v) is 10.1. The fraction of sp³-hybridized carbons (Fsp3) is 0.316. The van der Waals surface area contributed by atoms with E-state index in [1.165, 1.54) is 12.1 Å². The third-order valence-corrected chi connectivity index (χ3v) is 5.83. The fourth-order valence-corrected chi connectivity index (χ4v) is 4.01. The zero-order valence-electron chi connectivity index (χ0n) is 15.0. The molecule has 0 atom stereocenters. The van der Waals surface area contributed by atoms with Gasteiger partial charge >= 0.3 is 6.03 Å². The van der Waals surface area contributed by atoms with Crippen LogP contribution in [0.1, 0.15) is 24.0 Å². The number of hydrogen-bond acceptors (Lipinski definition) is 3.